The smallest absolute Gasteiger partial charge is 0.163 e. The van der Waals surface area contributed by atoms with Crippen molar-refractivity contribution in [3.63, 3.8) is 0 Å². The molecule has 0 atom stereocenters. The predicted octanol–water partition coefficient (Wildman–Crippen LogP) is 1.96. The Bertz CT molecular complexity index is 379. The lowest BCUT2D eigenvalue weighted by Crippen LogP contribution is -2.13. The van der Waals surface area contributed by atoms with E-state index in [0.29, 0.717) is 19.6 Å². The highest BCUT2D eigenvalue weighted by Crippen LogP contribution is 2.25. The van der Waals surface area contributed by atoms with Crippen molar-refractivity contribution < 1.29 is 9.53 Å². The third-order valence-electron chi connectivity index (χ3n) is 2.61. The van der Waals surface area contributed by atoms with E-state index in [1.165, 1.54) is 0 Å². The second-order valence-electron chi connectivity index (χ2n) is 3.73. The fourth-order valence-electron chi connectivity index (χ4n) is 1.89. The van der Waals surface area contributed by atoms with E-state index in [1.54, 1.807) is 0 Å². The molecule has 0 bridgehead atoms. The van der Waals surface area contributed by atoms with Crippen LogP contribution in [-0.4, -0.2) is 18.9 Å². The van der Waals surface area contributed by atoms with Gasteiger partial charge in [0.05, 0.1) is 0 Å². The summed E-state index contributed by atoms with van der Waals surface area (Å²) in [6, 6.07) is 5.67. The normalized spacial score (nSPS) is 13.9. The van der Waals surface area contributed by atoms with Crippen molar-refractivity contribution in [2.24, 2.45) is 5.73 Å². The Morgan fingerprint density at radius 3 is 2.88 bits per heavy atom. The summed E-state index contributed by atoms with van der Waals surface area (Å²) in [6.45, 7) is 1.03. The Kier molecular flexibility index (Phi) is 4.77. The number of Topliss-reactive ketones (excluding diaryl/α,β-unsaturated/α-hetero) is 1. The molecule has 2 rings (SSSR count). The summed E-state index contributed by atoms with van der Waals surface area (Å²) >= 11 is 0. The van der Waals surface area contributed by atoms with Crippen LogP contribution in [0.5, 0.6) is 5.75 Å². The van der Waals surface area contributed by atoms with Crippen LogP contribution in [0.15, 0.2) is 18.2 Å². The van der Waals surface area contributed by atoms with Gasteiger partial charge in [0.2, 0.25) is 0 Å². The number of ether oxygens (including phenoxy) is 1. The van der Waals surface area contributed by atoms with Crippen molar-refractivity contribution in [3.8, 4) is 5.75 Å². The largest absolute Gasteiger partial charge is 0.492 e. The van der Waals surface area contributed by atoms with Crippen LogP contribution < -0.4 is 10.5 Å². The molecule has 0 radical (unpaired) electrons. The van der Waals surface area contributed by atoms with Crippen molar-refractivity contribution in [3.05, 3.63) is 29.3 Å². The Morgan fingerprint density at radius 1 is 1.31 bits per heavy atom. The summed E-state index contributed by atoms with van der Waals surface area (Å²) in [5.41, 5.74) is 7.33. The number of halogens is 1. The van der Waals surface area contributed by atoms with Gasteiger partial charge in [-0.05, 0) is 36.6 Å². The van der Waals surface area contributed by atoms with Gasteiger partial charge in [0.25, 0.3) is 0 Å². The topological polar surface area (TPSA) is 52.3 Å². The zero-order valence-electron chi connectivity index (χ0n) is 9.07. The summed E-state index contributed by atoms with van der Waals surface area (Å²) < 4.78 is 5.42. The van der Waals surface area contributed by atoms with Gasteiger partial charge in [0.15, 0.2) is 5.78 Å². The first-order chi connectivity index (χ1) is 7.31. The maximum Gasteiger partial charge on any atom is 0.163 e. The Morgan fingerprint density at radius 2 is 2.12 bits per heavy atom. The van der Waals surface area contributed by atoms with E-state index in [1.807, 2.05) is 18.2 Å². The molecule has 0 unspecified atom stereocenters. The van der Waals surface area contributed by atoms with Crippen molar-refractivity contribution in [2.75, 3.05) is 13.2 Å². The molecule has 0 saturated carbocycles. The second kappa shape index (κ2) is 5.87. The van der Waals surface area contributed by atoms with Crippen LogP contribution in [-0.2, 0) is 6.42 Å². The van der Waals surface area contributed by atoms with Crippen molar-refractivity contribution in [2.45, 2.75) is 19.3 Å². The average molecular weight is 242 g/mol. The van der Waals surface area contributed by atoms with Crippen LogP contribution >= 0.6 is 12.4 Å². The highest BCUT2D eigenvalue weighted by atomic mass is 35.5. The Labute approximate surface area is 101 Å². The molecule has 0 fully saturated rings. The minimum atomic E-state index is 0. The van der Waals surface area contributed by atoms with E-state index in [4.69, 9.17) is 10.5 Å². The highest BCUT2D eigenvalue weighted by Gasteiger charge is 2.17. The molecule has 0 amide bonds. The molecule has 0 heterocycles. The molecular formula is C12H16ClNO2. The summed E-state index contributed by atoms with van der Waals surface area (Å²) in [4.78, 5) is 11.6. The van der Waals surface area contributed by atoms with Crippen molar-refractivity contribution in [1.29, 1.82) is 0 Å². The molecule has 0 aliphatic heterocycles. The van der Waals surface area contributed by atoms with E-state index >= 15 is 0 Å². The maximum atomic E-state index is 11.6. The number of carbonyl (C=O) groups excluding carboxylic acids is 1. The van der Waals surface area contributed by atoms with Crippen LogP contribution in [0.4, 0.5) is 0 Å². The van der Waals surface area contributed by atoms with E-state index < -0.39 is 0 Å². The first kappa shape index (κ1) is 13.0. The molecule has 16 heavy (non-hydrogen) atoms. The fraction of sp³-hybridized carbons (Fsp3) is 0.417. The second-order valence-corrected chi connectivity index (χ2v) is 3.73. The third-order valence-corrected chi connectivity index (χ3v) is 2.61. The SMILES string of the molecule is Cl.NCCOc1ccc2c(c1)CCCC2=O. The zero-order chi connectivity index (χ0) is 10.7. The number of ketones is 1. The van der Waals surface area contributed by atoms with Gasteiger partial charge in [-0.1, -0.05) is 0 Å². The van der Waals surface area contributed by atoms with Gasteiger partial charge in [-0.25, -0.2) is 0 Å². The summed E-state index contributed by atoms with van der Waals surface area (Å²) in [5.74, 6) is 1.07. The van der Waals surface area contributed by atoms with Gasteiger partial charge in [0, 0.05) is 18.5 Å². The molecular weight excluding hydrogens is 226 g/mol. The molecule has 0 spiro atoms. The molecule has 2 N–H and O–H groups in total. The van der Waals surface area contributed by atoms with Crippen LogP contribution in [0.2, 0.25) is 0 Å². The van der Waals surface area contributed by atoms with E-state index in [9.17, 15) is 4.79 Å². The van der Waals surface area contributed by atoms with E-state index in [2.05, 4.69) is 0 Å². The van der Waals surface area contributed by atoms with Gasteiger partial charge in [0.1, 0.15) is 12.4 Å². The van der Waals surface area contributed by atoms with Crippen molar-refractivity contribution in [1.82, 2.24) is 0 Å². The fourth-order valence-corrected chi connectivity index (χ4v) is 1.89. The van der Waals surface area contributed by atoms with Gasteiger partial charge < -0.3 is 10.5 Å². The number of hydrogen-bond acceptors (Lipinski definition) is 3. The standard InChI is InChI=1S/C12H15NO2.ClH/c13-6-7-15-10-4-5-11-9(8-10)2-1-3-12(11)14;/h4-5,8H,1-3,6-7,13H2;1H. The van der Waals surface area contributed by atoms with Crippen LogP contribution in [0.3, 0.4) is 0 Å². The van der Waals surface area contributed by atoms with Gasteiger partial charge in [-0.2, -0.15) is 0 Å². The number of hydrogen-bond donors (Lipinski definition) is 1. The number of rotatable bonds is 3. The first-order valence-electron chi connectivity index (χ1n) is 5.30. The Balaban J connectivity index is 0.00000128. The minimum absolute atomic E-state index is 0. The molecule has 0 aromatic heterocycles. The summed E-state index contributed by atoms with van der Waals surface area (Å²) in [6.07, 6.45) is 2.60. The van der Waals surface area contributed by atoms with Gasteiger partial charge >= 0.3 is 0 Å². The van der Waals surface area contributed by atoms with Crippen LogP contribution in [0, 0.1) is 0 Å². The van der Waals surface area contributed by atoms with Gasteiger partial charge in [-0.3, -0.25) is 4.79 Å². The quantitative estimate of drug-likeness (QED) is 0.880. The number of nitrogens with two attached hydrogens (primary N) is 1. The number of benzene rings is 1. The maximum absolute atomic E-state index is 11.6. The van der Waals surface area contributed by atoms with E-state index in [0.717, 1.165) is 29.7 Å². The predicted molar refractivity (Wildman–Crippen MR) is 65.5 cm³/mol. The molecule has 1 aromatic carbocycles. The summed E-state index contributed by atoms with van der Waals surface area (Å²) in [5, 5.41) is 0. The average Bonchev–Trinajstić information content (AvgIpc) is 2.26. The zero-order valence-corrected chi connectivity index (χ0v) is 9.89. The molecule has 3 nitrogen and oxygen atoms in total. The van der Waals surface area contributed by atoms with Gasteiger partial charge in [-0.15, -0.1) is 12.4 Å². The van der Waals surface area contributed by atoms with Crippen molar-refractivity contribution >= 4 is 18.2 Å². The number of fused-ring (bicyclic) bond motifs is 1. The lowest BCUT2D eigenvalue weighted by Gasteiger charge is -2.15. The molecule has 4 heteroatoms. The first-order valence-corrected chi connectivity index (χ1v) is 5.30. The highest BCUT2D eigenvalue weighted by molar-refractivity contribution is 5.98. The Hall–Kier alpha value is -1.06. The number of carbonyl (C=O) groups is 1. The number of aryl methyl sites for hydroxylation is 1. The molecule has 0 saturated heterocycles. The summed E-state index contributed by atoms with van der Waals surface area (Å²) in [7, 11) is 0. The third kappa shape index (κ3) is 2.74. The molecule has 1 aliphatic carbocycles. The van der Waals surface area contributed by atoms with Crippen LogP contribution in [0.1, 0.15) is 28.8 Å². The van der Waals surface area contributed by atoms with E-state index in [-0.39, 0.29) is 18.2 Å². The molecule has 1 aromatic rings. The lowest BCUT2D eigenvalue weighted by atomic mass is 9.91. The minimum Gasteiger partial charge on any atom is -0.492 e. The monoisotopic (exact) mass is 241 g/mol. The molecule has 88 valence electrons. The lowest BCUT2D eigenvalue weighted by molar-refractivity contribution is 0.0972. The molecule has 1 aliphatic rings. The van der Waals surface area contributed by atoms with Crippen LogP contribution in [0.25, 0.3) is 0 Å².